The van der Waals surface area contributed by atoms with Gasteiger partial charge in [0.05, 0.1) is 28.3 Å². The molecule has 5 aromatic rings. The molecule has 0 aliphatic carbocycles. The molecule has 7 nitrogen and oxygen atoms in total. The third-order valence-corrected chi connectivity index (χ3v) is 5.17. The number of halogens is 1. The number of rotatable bonds is 4. The number of hydrogen-bond donors (Lipinski definition) is 1. The summed E-state index contributed by atoms with van der Waals surface area (Å²) in [4.78, 5) is 18.1. The van der Waals surface area contributed by atoms with Gasteiger partial charge in [0.2, 0.25) is 11.9 Å². The Morgan fingerprint density at radius 3 is 2.59 bits per heavy atom. The molecule has 2 aromatic carbocycles. The van der Waals surface area contributed by atoms with Gasteiger partial charge in [-0.2, -0.15) is 5.10 Å². The van der Waals surface area contributed by atoms with Crippen LogP contribution in [0.15, 0.2) is 60.9 Å². The standard InChI is InChI=1S/C24H20FN7/c1-14-7-8-21-19(11-14)15(2)27-24(29-21)30-23-26-10-9-22(28-23)20-13-32(31-16(20)3)18-6-4-5-17(25)12-18/h4-13H,1-3H3,(H,26,27,28,29,30). The first-order valence-electron chi connectivity index (χ1n) is 10.1. The number of anilines is 2. The molecule has 32 heavy (non-hydrogen) atoms. The summed E-state index contributed by atoms with van der Waals surface area (Å²) in [5.74, 6) is 0.501. The summed E-state index contributed by atoms with van der Waals surface area (Å²) in [6, 6.07) is 14.2. The second kappa shape index (κ2) is 7.81. The molecule has 0 atom stereocenters. The molecule has 1 N–H and O–H groups in total. The van der Waals surface area contributed by atoms with Gasteiger partial charge in [0.25, 0.3) is 0 Å². The van der Waals surface area contributed by atoms with Crippen LogP contribution < -0.4 is 5.32 Å². The van der Waals surface area contributed by atoms with Crippen LogP contribution in [-0.2, 0) is 0 Å². The van der Waals surface area contributed by atoms with Gasteiger partial charge in [-0.1, -0.05) is 17.7 Å². The lowest BCUT2D eigenvalue weighted by atomic mass is 10.1. The van der Waals surface area contributed by atoms with Gasteiger partial charge in [-0.15, -0.1) is 0 Å². The lowest BCUT2D eigenvalue weighted by Crippen LogP contribution is -2.03. The quantitative estimate of drug-likeness (QED) is 0.432. The van der Waals surface area contributed by atoms with Crippen molar-refractivity contribution in [3.8, 4) is 16.9 Å². The van der Waals surface area contributed by atoms with Crippen LogP contribution in [0.3, 0.4) is 0 Å². The Bertz CT molecular complexity index is 1460. The van der Waals surface area contributed by atoms with Crippen molar-refractivity contribution < 1.29 is 4.39 Å². The molecule has 158 valence electrons. The Morgan fingerprint density at radius 2 is 1.75 bits per heavy atom. The highest BCUT2D eigenvalue weighted by Gasteiger charge is 2.12. The van der Waals surface area contributed by atoms with Gasteiger partial charge in [0.15, 0.2) is 0 Å². The molecule has 0 saturated carbocycles. The summed E-state index contributed by atoms with van der Waals surface area (Å²) in [5.41, 5.74) is 5.82. The molecule has 3 heterocycles. The van der Waals surface area contributed by atoms with Crippen LogP contribution in [0.25, 0.3) is 27.8 Å². The van der Waals surface area contributed by atoms with Crippen molar-refractivity contribution in [1.29, 1.82) is 0 Å². The van der Waals surface area contributed by atoms with E-state index in [0.717, 1.165) is 33.4 Å². The van der Waals surface area contributed by atoms with E-state index >= 15 is 0 Å². The molecule has 5 rings (SSSR count). The Labute approximate surface area is 184 Å². The molecule has 0 unspecified atom stereocenters. The zero-order valence-corrected chi connectivity index (χ0v) is 17.8. The van der Waals surface area contributed by atoms with E-state index in [4.69, 9.17) is 0 Å². The van der Waals surface area contributed by atoms with Gasteiger partial charge in [0.1, 0.15) is 5.82 Å². The maximum absolute atomic E-state index is 13.6. The molecule has 3 aromatic heterocycles. The van der Waals surface area contributed by atoms with E-state index in [9.17, 15) is 4.39 Å². The van der Waals surface area contributed by atoms with E-state index in [1.807, 2.05) is 39.1 Å². The number of aryl methyl sites for hydroxylation is 3. The molecule has 0 radical (unpaired) electrons. The van der Waals surface area contributed by atoms with E-state index in [-0.39, 0.29) is 5.82 Å². The topological polar surface area (TPSA) is 81.4 Å². The molecule has 0 aliphatic rings. The second-order valence-corrected chi connectivity index (χ2v) is 7.60. The Balaban J connectivity index is 1.47. The van der Waals surface area contributed by atoms with Crippen LogP contribution in [0.2, 0.25) is 0 Å². The lowest BCUT2D eigenvalue weighted by molar-refractivity contribution is 0.625. The van der Waals surface area contributed by atoms with Gasteiger partial charge < -0.3 is 0 Å². The Kier molecular flexibility index (Phi) is 4.82. The monoisotopic (exact) mass is 425 g/mol. The fourth-order valence-corrected chi connectivity index (χ4v) is 3.58. The maximum atomic E-state index is 13.6. The number of benzene rings is 2. The van der Waals surface area contributed by atoms with Gasteiger partial charge in [-0.3, -0.25) is 5.32 Å². The molecule has 0 fully saturated rings. The molecular formula is C24H20FN7. The molecule has 0 aliphatic heterocycles. The number of hydrogen-bond acceptors (Lipinski definition) is 6. The predicted molar refractivity (Wildman–Crippen MR) is 122 cm³/mol. The van der Waals surface area contributed by atoms with Crippen molar-refractivity contribution in [2.45, 2.75) is 20.8 Å². The fourth-order valence-electron chi connectivity index (χ4n) is 3.58. The third-order valence-electron chi connectivity index (χ3n) is 5.17. The summed E-state index contributed by atoms with van der Waals surface area (Å²) in [6.45, 7) is 5.89. The van der Waals surface area contributed by atoms with Crippen LogP contribution in [0.4, 0.5) is 16.3 Å². The highest BCUT2D eigenvalue weighted by atomic mass is 19.1. The predicted octanol–water partition coefficient (Wildman–Crippen LogP) is 5.08. The minimum absolute atomic E-state index is 0.313. The molecular weight excluding hydrogens is 405 g/mol. The minimum atomic E-state index is -0.313. The zero-order valence-electron chi connectivity index (χ0n) is 17.8. The van der Waals surface area contributed by atoms with Crippen LogP contribution in [0.1, 0.15) is 17.0 Å². The number of nitrogens with zero attached hydrogens (tertiary/aromatic N) is 6. The van der Waals surface area contributed by atoms with E-state index in [0.29, 0.717) is 23.3 Å². The highest BCUT2D eigenvalue weighted by Crippen LogP contribution is 2.24. The van der Waals surface area contributed by atoms with E-state index in [2.05, 4.69) is 36.4 Å². The van der Waals surface area contributed by atoms with Crippen molar-refractivity contribution >= 4 is 22.8 Å². The Morgan fingerprint density at radius 1 is 0.875 bits per heavy atom. The van der Waals surface area contributed by atoms with E-state index in [1.165, 1.54) is 12.1 Å². The van der Waals surface area contributed by atoms with Gasteiger partial charge in [0, 0.05) is 23.3 Å². The van der Waals surface area contributed by atoms with Crippen molar-refractivity contribution in [3.05, 3.63) is 83.7 Å². The number of fused-ring (bicyclic) bond motifs is 1. The van der Waals surface area contributed by atoms with Crippen LogP contribution >= 0.6 is 0 Å². The smallest absolute Gasteiger partial charge is 0.230 e. The molecule has 0 spiro atoms. The van der Waals surface area contributed by atoms with Crippen LogP contribution in [0.5, 0.6) is 0 Å². The molecule has 0 saturated heterocycles. The van der Waals surface area contributed by atoms with Crippen LogP contribution in [0, 0.1) is 26.6 Å². The maximum Gasteiger partial charge on any atom is 0.230 e. The molecule has 0 amide bonds. The van der Waals surface area contributed by atoms with Crippen molar-refractivity contribution in [2.75, 3.05) is 5.32 Å². The summed E-state index contributed by atoms with van der Waals surface area (Å²) in [7, 11) is 0. The summed E-state index contributed by atoms with van der Waals surface area (Å²) >= 11 is 0. The third kappa shape index (κ3) is 3.78. The average molecular weight is 425 g/mol. The SMILES string of the molecule is Cc1ccc2nc(Nc3nccc(-c4cn(-c5cccc(F)c5)nc4C)n3)nc(C)c2c1. The average Bonchev–Trinajstić information content (AvgIpc) is 3.16. The van der Waals surface area contributed by atoms with Crippen molar-refractivity contribution in [3.63, 3.8) is 0 Å². The first-order chi connectivity index (χ1) is 15.5. The van der Waals surface area contributed by atoms with Crippen molar-refractivity contribution in [1.82, 2.24) is 29.7 Å². The first-order valence-corrected chi connectivity index (χ1v) is 10.1. The summed E-state index contributed by atoms with van der Waals surface area (Å²) in [5, 5.41) is 8.63. The molecule has 8 heteroatoms. The van der Waals surface area contributed by atoms with Gasteiger partial charge in [-0.25, -0.2) is 29.0 Å². The minimum Gasteiger partial charge on any atom is -0.293 e. The normalized spacial score (nSPS) is 11.1. The lowest BCUT2D eigenvalue weighted by Gasteiger charge is -2.08. The van der Waals surface area contributed by atoms with Gasteiger partial charge in [-0.05, 0) is 57.2 Å². The summed E-state index contributed by atoms with van der Waals surface area (Å²) < 4.78 is 15.2. The largest absolute Gasteiger partial charge is 0.293 e. The zero-order chi connectivity index (χ0) is 22.2. The van der Waals surface area contributed by atoms with Crippen molar-refractivity contribution in [2.24, 2.45) is 0 Å². The number of aromatic nitrogens is 6. The fraction of sp³-hybridized carbons (Fsp3) is 0.125. The highest BCUT2D eigenvalue weighted by molar-refractivity contribution is 5.82. The second-order valence-electron chi connectivity index (χ2n) is 7.60. The first kappa shape index (κ1) is 19.7. The Hall–Kier alpha value is -4.20. The molecule has 0 bridgehead atoms. The van der Waals surface area contributed by atoms with E-state index in [1.54, 1.807) is 29.1 Å². The number of nitrogens with one attached hydrogen (secondary N) is 1. The van der Waals surface area contributed by atoms with Crippen LogP contribution in [-0.4, -0.2) is 29.7 Å². The van der Waals surface area contributed by atoms with E-state index < -0.39 is 0 Å². The van der Waals surface area contributed by atoms with Gasteiger partial charge >= 0.3 is 0 Å². The summed E-state index contributed by atoms with van der Waals surface area (Å²) in [6.07, 6.45) is 3.50.